The van der Waals surface area contributed by atoms with Crippen LogP contribution in [0.2, 0.25) is 0 Å². The first-order valence-corrected chi connectivity index (χ1v) is 8.87. The second kappa shape index (κ2) is 5.93. The number of carbonyl (C=O) groups excluding carboxylic acids is 1. The van der Waals surface area contributed by atoms with E-state index in [0.29, 0.717) is 5.56 Å². The largest absolute Gasteiger partial charge is 0.368 e. The van der Waals surface area contributed by atoms with Gasteiger partial charge in [-0.15, -0.1) is 0 Å². The van der Waals surface area contributed by atoms with E-state index in [1.165, 1.54) is 0 Å². The average molecular weight is 317 g/mol. The molecular formula is C17H19NO3S. The van der Waals surface area contributed by atoms with E-state index in [2.05, 4.69) is 0 Å². The zero-order valence-corrected chi connectivity index (χ0v) is 13.4. The second-order valence-corrected chi connectivity index (χ2v) is 7.50. The summed E-state index contributed by atoms with van der Waals surface area (Å²) < 4.78 is 22.7. The van der Waals surface area contributed by atoms with Gasteiger partial charge >= 0.3 is 0 Å². The van der Waals surface area contributed by atoms with Crippen LogP contribution in [0.3, 0.4) is 0 Å². The Morgan fingerprint density at radius 2 is 1.50 bits per heavy atom. The van der Waals surface area contributed by atoms with Crippen molar-refractivity contribution < 1.29 is 13.2 Å². The van der Waals surface area contributed by atoms with Gasteiger partial charge in [-0.2, -0.15) is 0 Å². The topological polar surface area (TPSA) is 77.2 Å². The van der Waals surface area contributed by atoms with Crippen molar-refractivity contribution in [2.45, 2.75) is 18.1 Å². The summed E-state index contributed by atoms with van der Waals surface area (Å²) in [5, 5.41) is 0. The summed E-state index contributed by atoms with van der Waals surface area (Å²) in [5.41, 5.74) is 7.81. The molecule has 0 aliphatic rings. The Hall–Kier alpha value is -2.14. The van der Waals surface area contributed by atoms with E-state index in [1.807, 2.05) is 42.5 Å². The van der Waals surface area contributed by atoms with Gasteiger partial charge in [-0.05, 0) is 23.1 Å². The Bertz CT molecular complexity index is 767. The minimum atomic E-state index is -3.68. The van der Waals surface area contributed by atoms with E-state index in [4.69, 9.17) is 5.73 Å². The number of benzene rings is 2. The molecule has 0 saturated carbocycles. The molecule has 2 aromatic carbocycles. The molecule has 0 aromatic heterocycles. The van der Waals surface area contributed by atoms with Gasteiger partial charge in [0.25, 0.3) is 0 Å². The molecule has 1 atom stereocenters. The maximum Gasteiger partial charge on any atom is 0.243 e. The van der Waals surface area contributed by atoms with E-state index in [0.717, 1.165) is 17.4 Å². The van der Waals surface area contributed by atoms with Gasteiger partial charge < -0.3 is 5.73 Å². The van der Waals surface area contributed by atoms with Crippen LogP contribution < -0.4 is 5.73 Å². The van der Waals surface area contributed by atoms with Crippen LogP contribution in [0.15, 0.2) is 54.6 Å². The van der Waals surface area contributed by atoms with E-state index in [9.17, 15) is 13.2 Å². The molecule has 0 radical (unpaired) electrons. The molecule has 2 N–H and O–H groups in total. The number of amides is 1. The molecular weight excluding hydrogens is 298 g/mol. The third-order valence-electron chi connectivity index (χ3n) is 3.99. The smallest absolute Gasteiger partial charge is 0.243 e. The molecule has 0 bridgehead atoms. The van der Waals surface area contributed by atoms with Crippen molar-refractivity contribution in [2.24, 2.45) is 5.73 Å². The Kier molecular flexibility index (Phi) is 4.37. The molecule has 0 fully saturated rings. The molecule has 1 amide bonds. The van der Waals surface area contributed by atoms with Crippen LogP contribution in [0.4, 0.5) is 0 Å². The molecule has 0 aliphatic carbocycles. The monoisotopic (exact) mass is 317 g/mol. The number of nitrogens with two attached hydrogens (primary N) is 1. The van der Waals surface area contributed by atoms with Crippen molar-refractivity contribution in [3.05, 3.63) is 60.2 Å². The standard InChI is InChI=1S/C17H19NO3S/c1-3-17(16(18)19,22(2,20)21)15-11-9-14(10-12-15)13-7-5-4-6-8-13/h4-12H,3H2,1-2H3,(H2,18,19). The lowest BCUT2D eigenvalue weighted by Crippen LogP contribution is -2.46. The highest BCUT2D eigenvalue weighted by Crippen LogP contribution is 2.34. The predicted molar refractivity (Wildman–Crippen MR) is 87.9 cm³/mol. The van der Waals surface area contributed by atoms with Crippen molar-refractivity contribution in [2.75, 3.05) is 6.26 Å². The number of hydrogen-bond donors (Lipinski definition) is 1. The Morgan fingerprint density at radius 1 is 1.00 bits per heavy atom. The normalized spacial score (nSPS) is 14.3. The van der Waals surface area contributed by atoms with Gasteiger partial charge in [-0.3, -0.25) is 4.79 Å². The SMILES string of the molecule is CCC(C(N)=O)(c1ccc(-c2ccccc2)cc1)S(C)(=O)=O. The second-order valence-electron chi connectivity index (χ2n) is 5.26. The lowest BCUT2D eigenvalue weighted by Gasteiger charge is -2.28. The van der Waals surface area contributed by atoms with Crippen LogP contribution in [0.5, 0.6) is 0 Å². The zero-order valence-electron chi connectivity index (χ0n) is 12.6. The molecule has 0 heterocycles. The van der Waals surface area contributed by atoms with Crippen molar-refractivity contribution in [1.29, 1.82) is 0 Å². The minimum Gasteiger partial charge on any atom is -0.368 e. The fourth-order valence-corrected chi connectivity index (χ4v) is 4.20. The molecule has 0 saturated heterocycles. The van der Waals surface area contributed by atoms with Crippen LogP contribution >= 0.6 is 0 Å². The molecule has 1 unspecified atom stereocenters. The van der Waals surface area contributed by atoms with Gasteiger partial charge in [0.15, 0.2) is 14.6 Å². The molecule has 2 rings (SSSR count). The Balaban J connectivity index is 2.55. The van der Waals surface area contributed by atoms with E-state index in [-0.39, 0.29) is 6.42 Å². The summed E-state index contributed by atoms with van der Waals surface area (Å²) in [6, 6.07) is 16.7. The number of hydrogen-bond acceptors (Lipinski definition) is 3. The highest BCUT2D eigenvalue weighted by molar-refractivity contribution is 7.92. The minimum absolute atomic E-state index is 0.103. The van der Waals surface area contributed by atoms with E-state index in [1.54, 1.807) is 19.1 Å². The van der Waals surface area contributed by atoms with Crippen LogP contribution in [0, 0.1) is 0 Å². The van der Waals surface area contributed by atoms with E-state index >= 15 is 0 Å². The van der Waals surface area contributed by atoms with Crippen molar-refractivity contribution in [3.8, 4) is 11.1 Å². The number of rotatable bonds is 5. The molecule has 5 heteroatoms. The summed E-state index contributed by atoms with van der Waals surface area (Å²) in [7, 11) is -3.68. The summed E-state index contributed by atoms with van der Waals surface area (Å²) in [6.07, 6.45) is 1.15. The van der Waals surface area contributed by atoms with Gasteiger partial charge in [-0.1, -0.05) is 61.5 Å². The zero-order chi connectivity index (χ0) is 16.4. The molecule has 116 valence electrons. The maximum atomic E-state index is 12.2. The molecule has 0 aliphatic heterocycles. The summed E-state index contributed by atoms with van der Waals surface area (Å²) in [4.78, 5) is 11.9. The van der Waals surface area contributed by atoms with Gasteiger partial charge in [-0.25, -0.2) is 8.42 Å². The number of carbonyl (C=O) groups is 1. The lowest BCUT2D eigenvalue weighted by molar-refractivity contribution is -0.120. The van der Waals surface area contributed by atoms with Gasteiger partial charge in [0.05, 0.1) is 0 Å². The molecule has 2 aromatic rings. The van der Waals surface area contributed by atoms with Crippen LogP contribution in [-0.2, 0) is 19.4 Å². The molecule has 4 nitrogen and oxygen atoms in total. The average Bonchev–Trinajstić information content (AvgIpc) is 2.48. The highest BCUT2D eigenvalue weighted by Gasteiger charge is 2.46. The van der Waals surface area contributed by atoms with Crippen LogP contribution in [0.1, 0.15) is 18.9 Å². The first-order chi connectivity index (χ1) is 10.3. The van der Waals surface area contributed by atoms with E-state index < -0.39 is 20.5 Å². The van der Waals surface area contributed by atoms with Crippen LogP contribution in [0.25, 0.3) is 11.1 Å². The fourth-order valence-electron chi connectivity index (χ4n) is 2.74. The van der Waals surface area contributed by atoms with Crippen molar-refractivity contribution in [1.82, 2.24) is 0 Å². The Labute approximate surface area is 130 Å². The predicted octanol–water partition coefficient (Wildman–Crippen LogP) is 2.49. The first-order valence-electron chi connectivity index (χ1n) is 6.98. The quantitative estimate of drug-likeness (QED) is 0.920. The fraction of sp³-hybridized carbons (Fsp3) is 0.235. The third kappa shape index (κ3) is 2.64. The molecule has 0 spiro atoms. The Morgan fingerprint density at radius 3 is 1.91 bits per heavy atom. The van der Waals surface area contributed by atoms with Crippen LogP contribution in [-0.4, -0.2) is 20.6 Å². The van der Waals surface area contributed by atoms with Gasteiger partial charge in [0.1, 0.15) is 0 Å². The van der Waals surface area contributed by atoms with Crippen molar-refractivity contribution in [3.63, 3.8) is 0 Å². The third-order valence-corrected chi connectivity index (χ3v) is 5.98. The summed E-state index contributed by atoms with van der Waals surface area (Å²) in [6.45, 7) is 1.65. The lowest BCUT2D eigenvalue weighted by atomic mass is 9.92. The molecule has 22 heavy (non-hydrogen) atoms. The van der Waals surface area contributed by atoms with Gasteiger partial charge in [0, 0.05) is 6.26 Å². The highest BCUT2D eigenvalue weighted by atomic mass is 32.2. The number of sulfone groups is 1. The summed E-state index contributed by atoms with van der Waals surface area (Å²) >= 11 is 0. The van der Waals surface area contributed by atoms with Gasteiger partial charge in [0.2, 0.25) is 5.91 Å². The first kappa shape index (κ1) is 16.2. The number of primary amides is 1. The maximum absolute atomic E-state index is 12.2. The summed E-state index contributed by atoms with van der Waals surface area (Å²) in [5.74, 6) is -0.843. The van der Waals surface area contributed by atoms with Crippen molar-refractivity contribution >= 4 is 15.7 Å².